The van der Waals surface area contributed by atoms with Crippen LogP contribution >= 0.6 is 23.1 Å². The summed E-state index contributed by atoms with van der Waals surface area (Å²) >= 11 is 2.74. The molecule has 10 heteroatoms. The summed E-state index contributed by atoms with van der Waals surface area (Å²) in [7, 11) is 2.06. The van der Waals surface area contributed by atoms with Gasteiger partial charge in [-0.3, -0.25) is 14.9 Å². The number of nitriles is 1. The molecule has 1 amide bonds. The number of nitrogens with zero attached hydrogens (tertiary/aromatic N) is 5. The number of aromatic nitrogens is 4. The van der Waals surface area contributed by atoms with Crippen molar-refractivity contribution in [3.8, 4) is 17.5 Å². The minimum atomic E-state index is -0.177. The summed E-state index contributed by atoms with van der Waals surface area (Å²) in [6.45, 7) is 1.74. The van der Waals surface area contributed by atoms with Crippen LogP contribution in [0, 0.1) is 11.3 Å². The Bertz CT molecular complexity index is 1040. The Morgan fingerprint density at radius 1 is 1.46 bits per heavy atom. The van der Waals surface area contributed by atoms with Crippen molar-refractivity contribution in [2.24, 2.45) is 0 Å². The van der Waals surface area contributed by atoms with Crippen molar-refractivity contribution >= 4 is 34.0 Å². The van der Waals surface area contributed by atoms with Crippen LogP contribution in [0.25, 0.3) is 11.4 Å². The molecule has 3 aromatic heterocycles. The molecule has 0 unspecified atom stereocenters. The third-order valence-corrected chi connectivity index (χ3v) is 6.34. The summed E-state index contributed by atoms with van der Waals surface area (Å²) in [5.41, 5.74) is 2.56. The molecule has 4 rings (SSSR count). The van der Waals surface area contributed by atoms with Gasteiger partial charge < -0.3 is 10.2 Å². The van der Waals surface area contributed by atoms with E-state index in [-0.39, 0.29) is 11.7 Å². The highest BCUT2D eigenvalue weighted by atomic mass is 32.2. The number of thioether (sulfide) groups is 1. The van der Waals surface area contributed by atoms with E-state index in [9.17, 15) is 10.1 Å². The topological polar surface area (TPSA) is 111 Å². The SMILES string of the molecule is CN1CCc2c(sc(NC(=O)CSc3n[nH]c(-c4ccncc4)n3)c2C#N)C1. The number of nitrogens with one attached hydrogen (secondary N) is 2. The second-order valence-electron chi connectivity index (χ2n) is 6.35. The molecule has 0 saturated heterocycles. The van der Waals surface area contributed by atoms with Crippen molar-refractivity contribution in [1.29, 1.82) is 5.26 Å². The predicted octanol–water partition coefficient (Wildman–Crippen LogP) is 2.52. The van der Waals surface area contributed by atoms with Gasteiger partial charge in [0.1, 0.15) is 11.1 Å². The van der Waals surface area contributed by atoms with Crippen molar-refractivity contribution in [2.45, 2.75) is 18.1 Å². The first-order chi connectivity index (χ1) is 13.6. The number of anilines is 1. The average molecular weight is 412 g/mol. The van der Waals surface area contributed by atoms with Crippen LogP contribution in [0.4, 0.5) is 5.00 Å². The first kappa shape index (κ1) is 18.6. The lowest BCUT2D eigenvalue weighted by molar-refractivity contribution is -0.113. The van der Waals surface area contributed by atoms with Crippen LogP contribution in [0.15, 0.2) is 29.7 Å². The van der Waals surface area contributed by atoms with E-state index in [4.69, 9.17) is 0 Å². The quantitative estimate of drug-likeness (QED) is 0.621. The number of pyridine rings is 1. The number of rotatable bonds is 5. The summed E-state index contributed by atoms with van der Waals surface area (Å²) in [5.74, 6) is 0.622. The van der Waals surface area contributed by atoms with Gasteiger partial charge in [-0.25, -0.2) is 4.98 Å². The van der Waals surface area contributed by atoms with Crippen LogP contribution in [-0.4, -0.2) is 50.3 Å². The number of hydrogen-bond acceptors (Lipinski definition) is 8. The highest BCUT2D eigenvalue weighted by Crippen LogP contribution is 2.36. The summed E-state index contributed by atoms with van der Waals surface area (Å²) in [6, 6.07) is 5.92. The van der Waals surface area contributed by atoms with Crippen molar-refractivity contribution in [2.75, 3.05) is 24.7 Å². The fraction of sp³-hybridized carbons (Fsp3) is 0.278. The van der Waals surface area contributed by atoms with Gasteiger partial charge in [0.2, 0.25) is 11.1 Å². The van der Waals surface area contributed by atoms with Crippen molar-refractivity contribution in [3.05, 3.63) is 40.5 Å². The van der Waals surface area contributed by atoms with Gasteiger partial charge in [0.15, 0.2) is 5.82 Å². The maximum absolute atomic E-state index is 12.4. The molecule has 0 aliphatic carbocycles. The summed E-state index contributed by atoms with van der Waals surface area (Å²) in [4.78, 5) is 24.1. The van der Waals surface area contributed by atoms with Crippen molar-refractivity contribution < 1.29 is 4.79 Å². The lowest BCUT2D eigenvalue weighted by Crippen LogP contribution is -2.25. The molecule has 0 fully saturated rings. The van der Waals surface area contributed by atoms with Crippen LogP contribution in [0.5, 0.6) is 0 Å². The van der Waals surface area contributed by atoms with Gasteiger partial charge in [-0.2, -0.15) is 5.26 Å². The van der Waals surface area contributed by atoms with E-state index in [1.807, 2.05) is 12.1 Å². The first-order valence-corrected chi connectivity index (χ1v) is 10.4. The molecule has 0 bridgehead atoms. The van der Waals surface area contributed by atoms with E-state index in [1.54, 1.807) is 12.4 Å². The minimum Gasteiger partial charge on any atom is -0.316 e. The monoisotopic (exact) mass is 411 g/mol. The average Bonchev–Trinajstić information content (AvgIpc) is 3.31. The third kappa shape index (κ3) is 3.91. The van der Waals surface area contributed by atoms with Gasteiger partial charge in [-0.1, -0.05) is 11.8 Å². The molecule has 142 valence electrons. The Kier molecular flexibility index (Phi) is 5.38. The molecule has 0 spiro atoms. The number of aromatic amines is 1. The van der Waals surface area contributed by atoms with Crippen LogP contribution in [-0.2, 0) is 17.8 Å². The first-order valence-electron chi connectivity index (χ1n) is 8.62. The Morgan fingerprint density at radius 3 is 3.07 bits per heavy atom. The van der Waals surface area contributed by atoms with Crippen LogP contribution < -0.4 is 5.32 Å². The Hall–Kier alpha value is -2.74. The van der Waals surface area contributed by atoms with Gasteiger partial charge in [0.05, 0.1) is 11.3 Å². The number of thiophene rings is 1. The molecule has 2 N–H and O–H groups in total. The van der Waals surface area contributed by atoms with E-state index < -0.39 is 0 Å². The molecule has 3 aromatic rings. The van der Waals surface area contributed by atoms with E-state index >= 15 is 0 Å². The normalized spacial score (nSPS) is 13.7. The highest BCUT2D eigenvalue weighted by Gasteiger charge is 2.23. The Balaban J connectivity index is 1.39. The lowest BCUT2D eigenvalue weighted by atomic mass is 10.0. The second kappa shape index (κ2) is 8.10. The molecular weight excluding hydrogens is 394 g/mol. The number of likely N-dealkylation sites (N-methyl/N-ethyl adjacent to an activating group) is 1. The molecule has 1 aliphatic rings. The third-order valence-electron chi connectivity index (χ3n) is 4.36. The van der Waals surface area contributed by atoms with Crippen molar-refractivity contribution in [1.82, 2.24) is 25.1 Å². The molecule has 1 aliphatic heterocycles. The fourth-order valence-corrected chi connectivity index (χ4v) is 4.87. The van der Waals surface area contributed by atoms with Crippen LogP contribution in [0.3, 0.4) is 0 Å². The number of carbonyl (C=O) groups is 1. The van der Waals surface area contributed by atoms with Gasteiger partial charge >= 0.3 is 0 Å². The predicted molar refractivity (Wildman–Crippen MR) is 108 cm³/mol. The van der Waals surface area contributed by atoms with Crippen molar-refractivity contribution in [3.63, 3.8) is 0 Å². The highest BCUT2D eigenvalue weighted by molar-refractivity contribution is 7.99. The zero-order valence-electron chi connectivity index (χ0n) is 15.1. The van der Waals surface area contributed by atoms with E-state index in [2.05, 4.69) is 43.5 Å². The summed E-state index contributed by atoms with van der Waals surface area (Å²) in [5, 5.41) is 20.5. The summed E-state index contributed by atoms with van der Waals surface area (Å²) in [6.07, 6.45) is 4.21. The molecule has 0 atom stereocenters. The molecule has 28 heavy (non-hydrogen) atoms. The van der Waals surface area contributed by atoms with Gasteiger partial charge in [0.25, 0.3) is 0 Å². The molecule has 4 heterocycles. The molecule has 8 nitrogen and oxygen atoms in total. The van der Waals surface area contributed by atoms with Gasteiger partial charge in [-0.15, -0.1) is 16.4 Å². The number of hydrogen-bond donors (Lipinski definition) is 2. The van der Waals surface area contributed by atoms with Crippen LogP contribution in [0.2, 0.25) is 0 Å². The maximum Gasteiger partial charge on any atom is 0.235 e. The van der Waals surface area contributed by atoms with E-state index in [0.717, 1.165) is 35.5 Å². The molecular formula is C18H17N7OS2. The number of H-pyrrole nitrogens is 1. The van der Waals surface area contributed by atoms with Crippen LogP contribution in [0.1, 0.15) is 16.0 Å². The lowest BCUT2D eigenvalue weighted by Gasteiger charge is -2.21. The number of carbonyl (C=O) groups excluding carboxylic acids is 1. The Labute approximate surface area is 170 Å². The molecule has 0 radical (unpaired) electrons. The largest absolute Gasteiger partial charge is 0.316 e. The second-order valence-corrected chi connectivity index (χ2v) is 8.39. The number of fused-ring (bicyclic) bond motifs is 1. The molecule has 0 saturated carbocycles. The van der Waals surface area contributed by atoms with E-state index in [0.29, 0.717) is 21.5 Å². The fourth-order valence-electron chi connectivity index (χ4n) is 2.98. The standard InChI is InChI=1S/C18H17N7OS2/c1-25-7-4-12-13(8-19)17(28-14(12)9-25)21-15(26)10-27-18-22-16(23-24-18)11-2-5-20-6-3-11/h2-3,5-6H,4,7,9-10H2,1H3,(H,21,26)(H,22,23,24). The smallest absolute Gasteiger partial charge is 0.235 e. The Morgan fingerprint density at radius 2 is 2.29 bits per heavy atom. The summed E-state index contributed by atoms with van der Waals surface area (Å²) < 4.78 is 0. The number of amides is 1. The zero-order valence-corrected chi connectivity index (χ0v) is 16.7. The molecule has 0 aromatic carbocycles. The van der Waals surface area contributed by atoms with E-state index in [1.165, 1.54) is 23.1 Å². The van der Waals surface area contributed by atoms with Gasteiger partial charge in [0, 0.05) is 35.9 Å². The minimum absolute atomic E-state index is 0.168. The zero-order chi connectivity index (χ0) is 19.5. The maximum atomic E-state index is 12.4. The van der Waals surface area contributed by atoms with Gasteiger partial charge in [-0.05, 0) is 31.2 Å².